The molecule has 0 amide bonds. The fourth-order valence-electron chi connectivity index (χ4n) is 1.92. The molecule has 0 saturated carbocycles. The van der Waals surface area contributed by atoms with Gasteiger partial charge in [-0.2, -0.15) is 0 Å². The molecule has 0 spiro atoms. The standard InChI is InChI=1S/C12H21NO3/c1-4-15-12(14)6-5-7-13-8-10(2)16-11(3)9-13/h5-6,10-11H,4,7-9H2,1-3H3/b6-5+/t10-,11+. The molecule has 1 heterocycles. The molecule has 1 rings (SSSR count). The first-order valence-corrected chi connectivity index (χ1v) is 5.83. The van der Waals surface area contributed by atoms with E-state index in [9.17, 15) is 4.79 Å². The summed E-state index contributed by atoms with van der Waals surface area (Å²) in [5.74, 6) is -0.267. The second-order valence-corrected chi connectivity index (χ2v) is 4.13. The van der Waals surface area contributed by atoms with Crippen molar-refractivity contribution < 1.29 is 14.3 Å². The smallest absolute Gasteiger partial charge is 0.330 e. The molecule has 0 aliphatic carbocycles. The van der Waals surface area contributed by atoms with Crippen LogP contribution in [0, 0.1) is 0 Å². The van der Waals surface area contributed by atoms with Crippen LogP contribution in [0.15, 0.2) is 12.2 Å². The maximum absolute atomic E-state index is 11.1. The zero-order valence-electron chi connectivity index (χ0n) is 10.3. The lowest BCUT2D eigenvalue weighted by molar-refractivity contribution is -0.137. The molecule has 92 valence electrons. The number of rotatable bonds is 4. The van der Waals surface area contributed by atoms with Gasteiger partial charge in [0, 0.05) is 25.7 Å². The van der Waals surface area contributed by atoms with Gasteiger partial charge in [-0.1, -0.05) is 6.08 Å². The summed E-state index contributed by atoms with van der Waals surface area (Å²) in [5.41, 5.74) is 0. The van der Waals surface area contributed by atoms with Gasteiger partial charge in [-0.15, -0.1) is 0 Å². The van der Waals surface area contributed by atoms with Crippen LogP contribution in [0.3, 0.4) is 0 Å². The van der Waals surface area contributed by atoms with Gasteiger partial charge in [0.15, 0.2) is 0 Å². The SMILES string of the molecule is CCOC(=O)/C=C/CN1C[C@@H](C)O[C@@H](C)C1. The number of hydrogen-bond acceptors (Lipinski definition) is 4. The molecule has 1 aliphatic heterocycles. The van der Waals surface area contributed by atoms with E-state index < -0.39 is 0 Å². The Morgan fingerprint density at radius 1 is 1.44 bits per heavy atom. The minimum absolute atomic E-state index is 0.264. The summed E-state index contributed by atoms with van der Waals surface area (Å²) in [7, 11) is 0. The maximum atomic E-state index is 11.1. The summed E-state index contributed by atoms with van der Waals surface area (Å²) < 4.78 is 10.4. The highest BCUT2D eigenvalue weighted by molar-refractivity contribution is 5.81. The molecule has 0 N–H and O–H groups in total. The van der Waals surface area contributed by atoms with Crippen molar-refractivity contribution in [3.8, 4) is 0 Å². The third kappa shape index (κ3) is 4.77. The van der Waals surface area contributed by atoms with E-state index in [0.717, 1.165) is 19.6 Å². The Balaban J connectivity index is 2.28. The molecule has 0 radical (unpaired) electrons. The number of carbonyl (C=O) groups excluding carboxylic acids is 1. The molecule has 0 aromatic rings. The lowest BCUT2D eigenvalue weighted by atomic mass is 10.2. The van der Waals surface area contributed by atoms with Crippen LogP contribution in [0.4, 0.5) is 0 Å². The molecular formula is C12H21NO3. The number of carbonyl (C=O) groups is 1. The summed E-state index contributed by atoms with van der Waals surface area (Å²) in [5, 5.41) is 0. The number of esters is 1. The minimum atomic E-state index is -0.267. The molecular weight excluding hydrogens is 206 g/mol. The van der Waals surface area contributed by atoms with Gasteiger partial charge >= 0.3 is 5.97 Å². The van der Waals surface area contributed by atoms with Crippen LogP contribution in [0.1, 0.15) is 20.8 Å². The van der Waals surface area contributed by atoms with E-state index in [2.05, 4.69) is 18.7 Å². The number of morpholine rings is 1. The second kappa shape index (κ2) is 6.66. The van der Waals surface area contributed by atoms with Crippen molar-refractivity contribution in [2.45, 2.75) is 33.0 Å². The average molecular weight is 227 g/mol. The van der Waals surface area contributed by atoms with Crippen molar-refractivity contribution >= 4 is 5.97 Å². The average Bonchev–Trinajstić information content (AvgIpc) is 2.16. The molecule has 2 atom stereocenters. The number of hydrogen-bond donors (Lipinski definition) is 0. The van der Waals surface area contributed by atoms with Crippen LogP contribution >= 0.6 is 0 Å². The van der Waals surface area contributed by atoms with Crippen molar-refractivity contribution in [1.29, 1.82) is 0 Å². The third-order valence-electron chi connectivity index (χ3n) is 2.40. The molecule has 1 fully saturated rings. The van der Waals surface area contributed by atoms with E-state index in [1.54, 1.807) is 6.92 Å². The minimum Gasteiger partial charge on any atom is -0.463 e. The zero-order chi connectivity index (χ0) is 12.0. The van der Waals surface area contributed by atoms with Crippen LogP contribution in [-0.4, -0.2) is 49.3 Å². The Hall–Kier alpha value is -0.870. The highest BCUT2D eigenvalue weighted by atomic mass is 16.5. The van der Waals surface area contributed by atoms with E-state index in [-0.39, 0.29) is 18.2 Å². The predicted molar refractivity (Wildman–Crippen MR) is 62.2 cm³/mol. The summed E-state index contributed by atoms with van der Waals surface area (Å²) in [6, 6.07) is 0. The molecule has 0 aromatic carbocycles. The molecule has 4 heteroatoms. The Bertz CT molecular complexity index is 243. The van der Waals surface area contributed by atoms with Gasteiger partial charge in [-0.3, -0.25) is 4.90 Å². The van der Waals surface area contributed by atoms with Gasteiger partial charge in [0.2, 0.25) is 0 Å². The van der Waals surface area contributed by atoms with Crippen LogP contribution in [0.5, 0.6) is 0 Å². The van der Waals surface area contributed by atoms with Gasteiger partial charge in [-0.05, 0) is 20.8 Å². The van der Waals surface area contributed by atoms with Crippen molar-refractivity contribution in [1.82, 2.24) is 4.90 Å². The van der Waals surface area contributed by atoms with Gasteiger partial charge in [0.25, 0.3) is 0 Å². The van der Waals surface area contributed by atoms with E-state index >= 15 is 0 Å². The topological polar surface area (TPSA) is 38.8 Å². The van der Waals surface area contributed by atoms with E-state index in [1.807, 2.05) is 6.08 Å². The zero-order valence-corrected chi connectivity index (χ0v) is 10.3. The fourth-order valence-corrected chi connectivity index (χ4v) is 1.92. The van der Waals surface area contributed by atoms with Crippen molar-refractivity contribution in [2.24, 2.45) is 0 Å². The summed E-state index contributed by atoms with van der Waals surface area (Å²) in [4.78, 5) is 13.3. The van der Waals surface area contributed by atoms with Crippen LogP contribution < -0.4 is 0 Å². The molecule has 1 aliphatic rings. The van der Waals surface area contributed by atoms with E-state index in [1.165, 1.54) is 6.08 Å². The third-order valence-corrected chi connectivity index (χ3v) is 2.40. The summed E-state index contributed by atoms with van der Waals surface area (Å²) in [6.07, 6.45) is 3.87. The molecule has 0 unspecified atom stereocenters. The van der Waals surface area contributed by atoms with E-state index in [4.69, 9.17) is 9.47 Å². The monoisotopic (exact) mass is 227 g/mol. The number of nitrogens with zero attached hydrogens (tertiary/aromatic N) is 1. The second-order valence-electron chi connectivity index (χ2n) is 4.13. The quantitative estimate of drug-likeness (QED) is 0.534. The molecule has 0 aromatic heterocycles. The predicted octanol–water partition coefficient (Wildman–Crippen LogP) is 1.21. The lowest BCUT2D eigenvalue weighted by Crippen LogP contribution is -2.45. The lowest BCUT2D eigenvalue weighted by Gasteiger charge is -2.34. The van der Waals surface area contributed by atoms with Crippen LogP contribution in [0.2, 0.25) is 0 Å². The van der Waals surface area contributed by atoms with Gasteiger partial charge in [0.05, 0.1) is 18.8 Å². The highest BCUT2D eigenvalue weighted by Crippen LogP contribution is 2.09. The Labute approximate surface area is 97.2 Å². The van der Waals surface area contributed by atoms with E-state index in [0.29, 0.717) is 6.61 Å². The fraction of sp³-hybridized carbons (Fsp3) is 0.750. The first-order chi connectivity index (χ1) is 7.61. The van der Waals surface area contributed by atoms with Crippen molar-refractivity contribution in [3.05, 3.63) is 12.2 Å². The molecule has 1 saturated heterocycles. The molecule has 4 nitrogen and oxygen atoms in total. The first kappa shape index (κ1) is 13.2. The van der Waals surface area contributed by atoms with Crippen LogP contribution in [-0.2, 0) is 14.3 Å². The highest BCUT2D eigenvalue weighted by Gasteiger charge is 2.20. The number of ether oxygens (including phenoxy) is 2. The van der Waals surface area contributed by atoms with Crippen LogP contribution in [0.25, 0.3) is 0 Å². The maximum Gasteiger partial charge on any atom is 0.330 e. The largest absolute Gasteiger partial charge is 0.463 e. The van der Waals surface area contributed by atoms with Crippen molar-refractivity contribution in [2.75, 3.05) is 26.2 Å². The Kier molecular flexibility index (Phi) is 5.49. The molecule has 0 bridgehead atoms. The summed E-state index contributed by atoms with van der Waals surface area (Å²) >= 11 is 0. The van der Waals surface area contributed by atoms with Gasteiger partial charge in [-0.25, -0.2) is 4.79 Å². The Morgan fingerprint density at radius 2 is 2.06 bits per heavy atom. The Morgan fingerprint density at radius 3 is 2.62 bits per heavy atom. The summed E-state index contributed by atoms with van der Waals surface area (Å²) in [6.45, 7) is 8.97. The van der Waals surface area contributed by atoms with Gasteiger partial charge < -0.3 is 9.47 Å². The molecule has 16 heavy (non-hydrogen) atoms. The van der Waals surface area contributed by atoms with Crippen molar-refractivity contribution in [3.63, 3.8) is 0 Å². The van der Waals surface area contributed by atoms with Gasteiger partial charge in [0.1, 0.15) is 0 Å². The normalized spacial score (nSPS) is 27.2. The first-order valence-electron chi connectivity index (χ1n) is 5.83.